The third kappa shape index (κ3) is 4.81. The van der Waals surface area contributed by atoms with E-state index in [1.54, 1.807) is 47.4 Å². The van der Waals surface area contributed by atoms with Crippen LogP contribution in [0.4, 0.5) is 5.69 Å². The van der Waals surface area contributed by atoms with Crippen LogP contribution in [0.3, 0.4) is 0 Å². The maximum atomic E-state index is 13.4. The zero-order chi connectivity index (χ0) is 21.8. The number of ether oxygens (including phenoxy) is 1. The first-order valence-electron chi connectivity index (χ1n) is 9.77. The van der Waals surface area contributed by atoms with E-state index in [0.717, 1.165) is 10.0 Å². The van der Waals surface area contributed by atoms with Crippen molar-refractivity contribution < 1.29 is 17.9 Å². The third-order valence-corrected chi connectivity index (χ3v) is 7.33. The molecule has 6 nitrogen and oxygen atoms in total. The summed E-state index contributed by atoms with van der Waals surface area (Å²) < 4.78 is 34.5. The molecule has 31 heavy (non-hydrogen) atoms. The number of carbonyl (C=O) groups is 1. The van der Waals surface area contributed by atoms with Crippen LogP contribution in [0.1, 0.15) is 5.56 Å². The van der Waals surface area contributed by atoms with Crippen molar-refractivity contribution in [2.75, 3.05) is 24.6 Å². The van der Waals surface area contributed by atoms with E-state index in [1.165, 1.54) is 4.31 Å². The lowest BCUT2D eigenvalue weighted by atomic mass is 10.2. The number of sulfonamides is 1. The van der Waals surface area contributed by atoms with Gasteiger partial charge in [-0.2, -0.15) is 4.31 Å². The fourth-order valence-corrected chi connectivity index (χ4v) is 5.09. The molecule has 1 aliphatic rings. The van der Waals surface area contributed by atoms with Crippen LogP contribution in [-0.2, 0) is 21.4 Å². The number of amides is 1. The number of hydrogen-bond donors (Lipinski definition) is 0. The lowest BCUT2D eigenvalue weighted by molar-refractivity contribution is -0.119. The van der Waals surface area contributed by atoms with Crippen LogP contribution in [-0.4, -0.2) is 38.3 Å². The second-order valence-corrected chi connectivity index (χ2v) is 9.93. The smallest absolute Gasteiger partial charge is 0.243 e. The van der Waals surface area contributed by atoms with Crippen LogP contribution in [0, 0.1) is 0 Å². The molecule has 0 N–H and O–H groups in total. The summed E-state index contributed by atoms with van der Waals surface area (Å²) in [4.78, 5) is 15.0. The van der Waals surface area contributed by atoms with E-state index in [-0.39, 0.29) is 23.9 Å². The third-order valence-electron chi connectivity index (χ3n) is 4.99. The quantitative estimate of drug-likeness (QED) is 0.511. The molecule has 0 saturated carbocycles. The number of rotatable bonds is 6. The Morgan fingerprint density at radius 1 is 0.968 bits per heavy atom. The molecule has 0 unspecified atom stereocenters. The van der Waals surface area contributed by atoms with E-state index >= 15 is 0 Å². The van der Waals surface area contributed by atoms with Gasteiger partial charge in [-0.3, -0.25) is 4.79 Å². The molecule has 1 amide bonds. The van der Waals surface area contributed by atoms with E-state index in [0.29, 0.717) is 24.6 Å². The first-order chi connectivity index (χ1) is 14.9. The van der Waals surface area contributed by atoms with Gasteiger partial charge in [0, 0.05) is 11.0 Å². The summed E-state index contributed by atoms with van der Waals surface area (Å²) in [5.74, 6) is 0.319. The van der Waals surface area contributed by atoms with Crippen molar-refractivity contribution in [2.24, 2.45) is 0 Å². The summed E-state index contributed by atoms with van der Waals surface area (Å²) >= 11 is 3.39. The minimum Gasteiger partial charge on any atom is -0.490 e. The average Bonchev–Trinajstić information content (AvgIpc) is 2.80. The minimum absolute atomic E-state index is 0.0856. The molecule has 0 radical (unpaired) electrons. The Morgan fingerprint density at radius 2 is 1.65 bits per heavy atom. The van der Waals surface area contributed by atoms with Gasteiger partial charge in [0.15, 0.2) is 0 Å². The molecule has 1 heterocycles. The van der Waals surface area contributed by atoms with Crippen LogP contribution in [0.15, 0.2) is 88.2 Å². The molecule has 0 bridgehead atoms. The molecule has 4 rings (SSSR count). The number of carbonyl (C=O) groups excluding carboxylic acids is 1. The molecule has 160 valence electrons. The molecule has 0 saturated heterocycles. The zero-order valence-corrected chi connectivity index (χ0v) is 19.1. The van der Waals surface area contributed by atoms with Crippen LogP contribution in [0.5, 0.6) is 5.75 Å². The lowest BCUT2D eigenvalue weighted by Crippen LogP contribution is -2.45. The van der Waals surface area contributed by atoms with E-state index in [9.17, 15) is 13.2 Å². The highest BCUT2D eigenvalue weighted by molar-refractivity contribution is 9.10. The number of nitrogens with zero attached hydrogens (tertiary/aromatic N) is 2. The van der Waals surface area contributed by atoms with Gasteiger partial charge in [-0.05, 0) is 42.0 Å². The van der Waals surface area contributed by atoms with Crippen LogP contribution < -0.4 is 9.64 Å². The summed E-state index contributed by atoms with van der Waals surface area (Å²) in [6, 6.07) is 22.8. The molecule has 0 atom stereocenters. The molecule has 0 aromatic heterocycles. The SMILES string of the molecule is O=C(CN(Cc1ccc(Br)cc1)S(=O)(=O)c1ccccc1)N1CCOc2ccccc21. The maximum absolute atomic E-state index is 13.4. The van der Waals surface area contributed by atoms with Gasteiger partial charge in [0.1, 0.15) is 12.4 Å². The van der Waals surface area contributed by atoms with Crippen molar-refractivity contribution in [3.05, 3.63) is 88.9 Å². The number of hydrogen-bond acceptors (Lipinski definition) is 4. The topological polar surface area (TPSA) is 66.9 Å². The zero-order valence-electron chi connectivity index (χ0n) is 16.6. The van der Waals surface area contributed by atoms with Crippen molar-refractivity contribution >= 4 is 37.5 Å². The molecule has 0 fully saturated rings. The van der Waals surface area contributed by atoms with E-state index in [2.05, 4.69) is 15.9 Å². The summed E-state index contributed by atoms with van der Waals surface area (Å²) in [6.07, 6.45) is 0. The van der Waals surface area contributed by atoms with Crippen molar-refractivity contribution in [1.82, 2.24) is 4.31 Å². The Morgan fingerprint density at radius 3 is 2.39 bits per heavy atom. The summed E-state index contributed by atoms with van der Waals surface area (Å²) in [5, 5.41) is 0. The van der Waals surface area contributed by atoms with E-state index in [1.807, 2.05) is 36.4 Å². The highest BCUT2D eigenvalue weighted by Gasteiger charge is 2.31. The molecule has 8 heteroatoms. The number of benzene rings is 3. The first kappa shape index (κ1) is 21.5. The molecular weight excluding hydrogens is 480 g/mol. The van der Waals surface area contributed by atoms with Crippen molar-refractivity contribution in [3.8, 4) is 5.75 Å². The second kappa shape index (κ2) is 9.21. The molecular formula is C23H21BrN2O4S. The monoisotopic (exact) mass is 500 g/mol. The summed E-state index contributed by atoms with van der Waals surface area (Å²) in [6.45, 7) is 0.540. The number of para-hydroxylation sites is 2. The standard InChI is InChI=1S/C23H21BrN2O4S/c24-19-12-10-18(11-13-19)16-25(31(28,29)20-6-2-1-3-7-20)17-23(27)26-14-15-30-22-9-5-4-8-21(22)26/h1-13H,14-17H2. The van der Waals surface area contributed by atoms with Crippen molar-refractivity contribution in [1.29, 1.82) is 0 Å². The lowest BCUT2D eigenvalue weighted by Gasteiger charge is -2.31. The van der Waals surface area contributed by atoms with Gasteiger partial charge in [0.25, 0.3) is 0 Å². The first-order valence-corrected chi connectivity index (χ1v) is 12.0. The Hall–Kier alpha value is -2.68. The fraction of sp³-hybridized carbons (Fsp3) is 0.174. The van der Waals surface area contributed by atoms with Crippen molar-refractivity contribution in [3.63, 3.8) is 0 Å². The minimum atomic E-state index is -3.88. The second-order valence-electron chi connectivity index (χ2n) is 7.07. The molecule has 3 aromatic rings. The maximum Gasteiger partial charge on any atom is 0.243 e. The van der Waals surface area contributed by atoms with Gasteiger partial charge < -0.3 is 9.64 Å². The number of halogens is 1. The Labute approximate surface area is 190 Å². The van der Waals surface area contributed by atoms with Crippen LogP contribution in [0.2, 0.25) is 0 Å². The predicted molar refractivity (Wildman–Crippen MR) is 122 cm³/mol. The summed E-state index contributed by atoms with van der Waals surface area (Å²) in [5.41, 5.74) is 1.44. The van der Waals surface area contributed by atoms with Gasteiger partial charge in [-0.15, -0.1) is 0 Å². The van der Waals surface area contributed by atoms with Crippen molar-refractivity contribution in [2.45, 2.75) is 11.4 Å². The Kier molecular flexibility index (Phi) is 6.41. The molecule has 0 spiro atoms. The summed E-state index contributed by atoms with van der Waals surface area (Å²) in [7, 11) is -3.88. The molecule has 3 aromatic carbocycles. The van der Waals surface area contributed by atoms with Gasteiger partial charge in [0.2, 0.25) is 15.9 Å². The molecule has 0 aliphatic carbocycles. The van der Waals surface area contributed by atoms with Crippen LogP contribution >= 0.6 is 15.9 Å². The number of fused-ring (bicyclic) bond motifs is 1. The van der Waals surface area contributed by atoms with Gasteiger partial charge in [-0.25, -0.2) is 8.42 Å². The number of anilines is 1. The Balaban J connectivity index is 1.65. The molecule has 1 aliphatic heterocycles. The van der Waals surface area contributed by atoms with E-state index < -0.39 is 10.0 Å². The predicted octanol–water partition coefficient (Wildman–Crippen LogP) is 4.07. The highest BCUT2D eigenvalue weighted by Crippen LogP contribution is 2.31. The average molecular weight is 501 g/mol. The Bertz CT molecular complexity index is 1170. The normalized spacial score (nSPS) is 13.5. The van der Waals surface area contributed by atoms with Crippen LogP contribution in [0.25, 0.3) is 0 Å². The largest absolute Gasteiger partial charge is 0.490 e. The van der Waals surface area contributed by atoms with Gasteiger partial charge >= 0.3 is 0 Å². The highest BCUT2D eigenvalue weighted by atomic mass is 79.9. The van der Waals surface area contributed by atoms with E-state index in [4.69, 9.17) is 4.74 Å². The fourth-order valence-electron chi connectivity index (χ4n) is 3.43. The van der Waals surface area contributed by atoms with Gasteiger partial charge in [-0.1, -0.05) is 58.4 Å². The van der Waals surface area contributed by atoms with Gasteiger partial charge in [0.05, 0.1) is 23.7 Å².